The summed E-state index contributed by atoms with van der Waals surface area (Å²) in [6.45, 7) is 1.72. The molecule has 1 aliphatic heterocycles. The van der Waals surface area contributed by atoms with Crippen molar-refractivity contribution in [2.24, 2.45) is 0 Å². The van der Waals surface area contributed by atoms with Crippen molar-refractivity contribution in [3.8, 4) is 5.75 Å². The van der Waals surface area contributed by atoms with Gasteiger partial charge in [-0.15, -0.1) is 0 Å². The van der Waals surface area contributed by atoms with Crippen LogP contribution >= 0.6 is 11.8 Å². The van der Waals surface area contributed by atoms with E-state index in [4.69, 9.17) is 4.74 Å². The van der Waals surface area contributed by atoms with E-state index in [2.05, 4.69) is 22.8 Å². The number of hydrogen-bond acceptors (Lipinski definition) is 4. The molecule has 1 aromatic carbocycles. The van der Waals surface area contributed by atoms with Crippen LogP contribution in [0, 0.1) is 0 Å². The molecule has 24 heavy (non-hydrogen) atoms. The van der Waals surface area contributed by atoms with E-state index >= 15 is 0 Å². The number of ether oxygens (including phenoxy) is 1. The van der Waals surface area contributed by atoms with Crippen molar-refractivity contribution in [1.29, 1.82) is 0 Å². The Balaban J connectivity index is 1.64. The van der Waals surface area contributed by atoms with Gasteiger partial charge in [0.2, 0.25) is 5.91 Å². The van der Waals surface area contributed by atoms with Crippen molar-refractivity contribution in [2.45, 2.75) is 43.6 Å². The molecule has 1 aliphatic carbocycles. The van der Waals surface area contributed by atoms with Gasteiger partial charge in [-0.2, -0.15) is 11.8 Å². The third-order valence-corrected chi connectivity index (χ3v) is 6.42. The molecule has 2 fully saturated rings. The van der Waals surface area contributed by atoms with Gasteiger partial charge in [-0.3, -0.25) is 4.79 Å². The van der Waals surface area contributed by atoms with E-state index in [1.807, 2.05) is 23.9 Å². The van der Waals surface area contributed by atoms with Gasteiger partial charge in [0.15, 0.2) is 0 Å². The van der Waals surface area contributed by atoms with Crippen molar-refractivity contribution in [3.05, 3.63) is 29.8 Å². The summed E-state index contributed by atoms with van der Waals surface area (Å²) in [5.41, 5.74) is 1.27. The minimum atomic E-state index is 0.0248. The largest absolute Gasteiger partial charge is 0.496 e. The summed E-state index contributed by atoms with van der Waals surface area (Å²) in [4.78, 5) is 12.4. The molecule has 1 saturated heterocycles. The molecule has 0 aromatic heterocycles. The fourth-order valence-electron chi connectivity index (χ4n) is 3.99. The number of amides is 1. The van der Waals surface area contributed by atoms with Gasteiger partial charge >= 0.3 is 0 Å². The number of para-hydroxylation sites is 1. The first-order chi connectivity index (χ1) is 11.7. The SMILES string of the molecule is COc1ccccc1C1(CNC(=O)CC2CSCCN2)CCCC1. The molecule has 3 rings (SSSR count). The number of nitrogens with one attached hydrogen (secondary N) is 2. The topological polar surface area (TPSA) is 50.4 Å². The lowest BCUT2D eigenvalue weighted by Crippen LogP contribution is -2.44. The summed E-state index contributed by atoms with van der Waals surface area (Å²) < 4.78 is 5.59. The molecular weight excluding hydrogens is 320 g/mol. The Morgan fingerprint density at radius 1 is 1.38 bits per heavy atom. The molecule has 0 bridgehead atoms. The molecule has 1 amide bonds. The molecule has 4 nitrogen and oxygen atoms in total. The van der Waals surface area contributed by atoms with Gasteiger partial charge in [0.25, 0.3) is 0 Å². The van der Waals surface area contributed by atoms with Gasteiger partial charge in [0, 0.05) is 48.0 Å². The zero-order chi connectivity index (χ0) is 16.8. The second kappa shape index (κ2) is 8.26. The molecule has 1 heterocycles. The first-order valence-corrected chi connectivity index (χ1v) is 10.1. The Hall–Kier alpha value is -1.20. The molecule has 5 heteroatoms. The maximum atomic E-state index is 12.4. The molecule has 1 unspecified atom stereocenters. The van der Waals surface area contributed by atoms with Crippen molar-refractivity contribution in [1.82, 2.24) is 10.6 Å². The first kappa shape index (κ1) is 17.6. The minimum absolute atomic E-state index is 0.0248. The highest BCUT2D eigenvalue weighted by Gasteiger charge is 2.38. The standard InChI is InChI=1S/C19H28N2O2S/c1-23-17-7-3-2-6-16(17)19(8-4-5-9-19)14-21-18(22)12-15-13-24-11-10-20-15/h2-3,6-7,15,20H,4-5,8-14H2,1H3,(H,21,22). The fraction of sp³-hybridized carbons (Fsp3) is 0.632. The Morgan fingerprint density at radius 3 is 2.88 bits per heavy atom. The molecule has 2 aliphatic rings. The quantitative estimate of drug-likeness (QED) is 0.830. The number of benzene rings is 1. The van der Waals surface area contributed by atoms with Gasteiger partial charge in [-0.05, 0) is 18.9 Å². The maximum Gasteiger partial charge on any atom is 0.221 e. The third kappa shape index (κ3) is 4.06. The monoisotopic (exact) mass is 348 g/mol. The smallest absolute Gasteiger partial charge is 0.221 e. The van der Waals surface area contributed by atoms with Crippen LogP contribution in [0.4, 0.5) is 0 Å². The predicted molar refractivity (Wildman–Crippen MR) is 99.9 cm³/mol. The van der Waals surface area contributed by atoms with Crippen molar-refractivity contribution >= 4 is 17.7 Å². The van der Waals surface area contributed by atoms with Gasteiger partial charge in [-0.1, -0.05) is 31.0 Å². The lowest BCUT2D eigenvalue weighted by Gasteiger charge is -2.32. The van der Waals surface area contributed by atoms with Gasteiger partial charge in [-0.25, -0.2) is 0 Å². The van der Waals surface area contributed by atoms with E-state index in [1.54, 1.807) is 7.11 Å². The van der Waals surface area contributed by atoms with Crippen molar-refractivity contribution < 1.29 is 9.53 Å². The highest BCUT2D eigenvalue weighted by Crippen LogP contribution is 2.44. The van der Waals surface area contributed by atoms with Crippen LogP contribution in [-0.4, -0.2) is 43.7 Å². The molecule has 0 spiro atoms. The van der Waals surface area contributed by atoms with Crippen LogP contribution in [-0.2, 0) is 10.2 Å². The number of carbonyl (C=O) groups excluding carboxylic acids is 1. The summed E-state index contributed by atoms with van der Waals surface area (Å²) in [6.07, 6.45) is 5.24. The van der Waals surface area contributed by atoms with Crippen molar-refractivity contribution in [3.63, 3.8) is 0 Å². The Morgan fingerprint density at radius 2 is 2.17 bits per heavy atom. The zero-order valence-corrected chi connectivity index (χ0v) is 15.3. The lowest BCUT2D eigenvalue weighted by atomic mass is 9.78. The van der Waals surface area contributed by atoms with E-state index in [-0.39, 0.29) is 11.3 Å². The normalized spacial score (nSPS) is 23.0. The second-order valence-corrected chi connectivity index (χ2v) is 8.04. The molecule has 132 valence electrons. The Bertz CT molecular complexity index is 552. The molecule has 1 aromatic rings. The highest BCUT2D eigenvalue weighted by atomic mass is 32.2. The number of thioether (sulfide) groups is 1. The van der Waals surface area contributed by atoms with E-state index < -0.39 is 0 Å². The number of methoxy groups -OCH3 is 1. The molecule has 0 radical (unpaired) electrons. The number of rotatable bonds is 6. The maximum absolute atomic E-state index is 12.4. The van der Waals surface area contributed by atoms with Crippen LogP contribution in [0.1, 0.15) is 37.7 Å². The van der Waals surface area contributed by atoms with Crippen LogP contribution < -0.4 is 15.4 Å². The van der Waals surface area contributed by atoms with E-state index in [9.17, 15) is 4.79 Å². The second-order valence-electron chi connectivity index (χ2n) is 6.89. The number of hydrogen-bond donors (Lipinski definition) is 2. The lowest BCUT2D eigenvalue weighted by molar-refractivity contribution is -0.121. The zero-order valence-electron chi connectivity index (χ0n) is 14.5. The molecule has 1 atom stereocenters. The summed E-state index contributed by atoms with van der Waals surface area (Å²) in [6, 6.07) is 8.59. The van der Waals surface area contributed by atoms with Gasteiger partial charge < -0.3 is 15.4 Å². The average molecular weight is 349 g/mol. The Kier molecular flexibility index (Phi) is 6.06. The summed E-state index contributed by atoms with van der Waals surface area (Å²) in [5, 5.41) is 6.65. The van der Waals surface area contributed by atoms with E-state index in [0.717, 1.165) is 36.6 Å². The summed E-state index contributed by atoms with van der Waals surface area (Å²) in [7, 11) is 1.73. The number of carbonyl (C=O) groups is 1. The van der Waals surface area contributed by atoms with E-state index in [1.165, 1.54) is 18.4 Å². The van der Waals surface area contributed by atoms with Crippen LogP contribution in [0.3, 0.4) is 0 Å². The highest BCUT2D eigenvalue weighted by molar-refractivity contribution is 7.99. The molecule has 1 saturated carbocycles. The predicted octanol–water partition coefficient (Wildman–Crippen LogP) is 2.72. The van der Waals surface area contributed by atoms with Crippen molar-refractivity contribution in [2.75, 3.05) is 31.7 Å². The van der Waals surface area contributed by atoms with E-state index in [0.29, 0.717) is 19.0 Å². The summed E-state index contributed by atoms with van der Waals surface area (Å²) >= 11 is 1.93. The minimum Gasteiger partial charge on any atom is -0.496 e. The van der Waals surface area contributed by atoms with Crippen LogP contribution in [0.5, 0.6) is 5.75 Å². The van der Waals surface area contributed by atoms with Crippen LogP contribution in [0.25, 0.3) is 0 Å². The molecule has 2 N–H and O–H groups in total. The van der Waals surface area contributed by atoms with Gasteiger partial charge in [0.05, 0.1) is 7.11 Å². The summed E-state index contributed by atoms with van der Waals surface area (Å²) in [5.74, 6) is 3.29. The fourth-order valence-corrected chi connectivity index (χ4v) is 4.94. The average Bonchev–Trinajstić information content (AvgIpc) is 3.11. The van der Waals surface area contributed by atoms with Gasteiger partial charge in [0.1, 0.15) is 5.75 Å². The first-order valence-electron chi connectivity index (χ1n) is 8.95. The Labute approximate surface area is 149 Å². The van der Waals surface area contributed by atoms with Crippen LogP contribution in [0.15, 0.2) is 24.3 Å². The third-order valence-electron chi connectivity index (χ3n) is 5.29. The molecular formula is C19H28N2O2S. The van der Waals surface area contributed by atoms with Crippen LogP contribution in [0.2, 0.25) is 0 Å².